The fourth-order valence-corrected chi connectivity index (χ4v) is 5.81. The fraction of sp³-hybridized carbons (Fsp3) is 0.438. The van der Waals surface area contributed by atoms with Crippen LogP contribution in [0, 0.1) is 6.92 Å². The Labute approximate surface area is 270 Å². The minimum absolute atomic E-state index is 0.0887. The predicted octanol–water partition coefficient (Wildman–Crippen LogP) is 7.31. The van der Waals surface area contributed by atoms with Crippen molar-refractivity contribution in [2.75, 3.05) is 23.7 Å². The van der Waals surface area contributed by atoms with Gasteiger partial charge in [-0.2, -0.15) is 4.98 Å². The number of nitrogens with one attached hydrogen (secondary N) is 2. The molecule has 0 fully saturated rings. The second-order valence-electron chi connectivity index (χ2n) is 12.3. The van der Waals surface area contributed by atoms with Gasteiger partial charge in [-0.25, -0.2) is 23.2 Å². The van der Waals surface area contributed by atoms with E-state index in [-0.39, 0.29) is 39.7 Å². The number of carbonyl (C=O) groups is 1. The number of anilines is 4. The molecule has 45 heavy (non-hydrogen) atoms. The summed E-state index contributed by atoms with van der Waals surface area (Å²) in [5, 5.41) is 5.71. The van der Waals surface area contributed by atoms with Crippen LogP contribution in [-0.2, 0) is 14.6 Å². The number of aryl methyl sites for hydroxylation is 1. The van der Waals surface area contributed by atoms with Crippen LogP contribution in [-0.4, -0.2) is 64.4 Å². The van der Waals surface area contributed by atoms with Crippen molar-refractivity contribution in [3.8, 4) is 5.75 Å². The molecule has 2 aromatic heterocycles. The van der Waals surface area contributed by atoms with E-state index in [1.54, 1.807) is 30.9 Å². The van der Waals surface area contributed by atoms with Crippen molar-refractivity contribution in [3.05, 3.63) is 58.9 Å². The van der Waals surface area contributed by atoms with E-state index in [1.165, 1.54) is 12.4 Å². The minimum atomic E-state index is -3.67. The zero-order valence-corrected chi connectivity index (χ0v) is 28.5. The maximum Gasteiger partial charge on any atom is 0.410 e. The molecule has 13 heteroatoms. The fourth-order valence-electron chi connectivity index (χ4n) is 4.59. The molecule has 0 unspecified atom stereocenters. The molecule has 3 heterocycles. The van der Waals surface area contributed by atoms with Crippen LogP contribution in [0.1, 0.15) is 66.0 Å². The Hall–Kier alpha value is -3.90. The standard InChI is InChI=1S/C32H41ClN6O5S/c1-19(2)43-27-17-23(22-11-14-39(15-12-22)31(40)44-32(6,7)8)21(5)16-26(27)37-30-35-18-24(33)28(38-30)36-25-10-9-13-34-29(25)45(41,42)20(3)4/h9-11,13,16-20H,12,14-15H2,1-8H3,(H2,35,36,37,38). The molecule has 1 aliphatic rings. The highest BCUT2D eigenvalue weighted by molar-refractivity contribution is 7.92. The number of nitrogens with zero attached hydrogens (tertiary/aromatic N) is 4. The molecule has 0 bridgehead atoms. The van der Waals surface area contributed by atoms with E-state index < -0.39 is 20.7 Å². The van der Waals surface area contributed by atoms with Gasteiger partial charge in [-0.3, -0.25) is 0 Å². The number of rotatable bonds is 9. The van der Waals surface area contributed by atoms with E-state index in [2.05, 4.69) is 31.7 Å². The molecule has 0 spiro atoms. The van der Waals surface area contributed by atoms with Gasteiger partial charge in [0.1, 0.15) is 16.4 Å². The molecule has 1 aliphatic heterocycles. The first-order chi connectivity index (χ1) is 21.0. The summed E-state index contributed by atoms with van der Waals surface area (Å²) < 4.78 is 37.5. The molecule has 3 aromatic rings. The summed E-state index contributed by atoms with van der Waals surface area (Å²) in [7, 11) is -3.67. The number of carbonyl (C=O) groups excluding carboxylic acids is 1. The lowest BCUT2D eigenvalue weighted by Gasteiger charge is -2.30. The van der Waals surface area contributed by atoms with Gasteiger partial charge < -0.3 is 25.0 Å². The third kappa shape index (κ3) is 8.43. The van der Waals surface area contributed by atoms with Gasteiger partial charge in [0.05, 0.1) is 28.9 Å². The van der Waals surface area contributed by atoms with Crippen molar-refractivity contribution in [1.29, 1.82) is 0 Å². The number of hydrogen-bond acceptors (Lipinski definition) is 10. The van der Waals surface area contributed by atoms with Crippen LogP contribution in [0.15, 0.2) is 47.8 Å². The van der Waals surface area contributed by atoms with Crippen molar-refractivity contribution in [2.24, 2.45) is 0 Å². The lowest BCUT2D eigenvalue weighted by molar-refractivity contribution is 0.0270. The molecule has 0 radical (unpaired) electrons. The topological polar surface area (TPSA) is 136 Å². The Morgan fingerprint density at radius 2 is 1.82 bits per heavy atom. The molecule has 0 aliphatic carbocycles. The van der Waals surface area contributed by atoms with Gasteiger partial charge in [-0.05, 0) is 103 Å². The number of hydrogen-bond donors (Lipinski definition) is 2. The van der Waals surface area contributed by atoms with Crippen molar-refractivity contribution in [3.63, 3.8) is 0 Å². The molecule has 1 aromatic carbocycles. The highest BCUT2D eigenvalue weighted by Crippen LogP contribution is 2.37. The molecule has 0 saturated carbocycles. The number of benzene rings is 1. The van der Waals surface area contributed by atoms with Crippen molar-refractivity contribution >= 4 is 56.2 Å². The van der Waals surface area contributed by atoms with E-state index in [4.69, 9.17) is 21.1 Å². The summed E-state index contributed by atoms with van der Waals surface area (Å²) >= 11 is 6.42. The van der Waals surface area contributed by atoms with Crippen LogP contribution >= 0.6 is 11.6 Å². The van der Waals surface area contributed by atoms with Crippen LogP contribution in [0.5, 0.6) is 5.75 Å². The van der Waals surface area contributed by atoms with Crippen molar-refractivity contribution in [1.82, 2.24) is 19.9 Å². The molecule has 0 atom stereocenters. The Bertz CT molecular complexity index is 1700. The molecule has 242 valence electrons. The second kappa shape index (κ2) is 13.6. The molecule has 11 nitrogen and oxygen atoms in total. The van der Waals surface area contributed by atoms with Crippen molar-refractivity contribution < 1.29 is 22.7 Å². The minimum Gasteiger partial charge on any atom is -0.489 e. The van der Waals surface area contributed by atoms with Gasteiger partial charge in [0.15, 0.2) is 20.7 Å². The number of ether oxygens (including phenoxy) is 2. The Balaban J connectivity index is 1.61. The second-order valence-corrected chi connectivity index (χ2v) is 15.2. The molecule has 4 rings (SSSR count). The summed E-state index contributed by atoms with van der Waals surface area (Å²) in [4.78, 5) is 27.2. The summed E-state index contributed by atoms with van der Waals surface area (Å²) in [6, 6.07) is 7.19. The molecule has 2 N–H and O–H groups in total. The van der Waals surface area contributed by atoms with Crippen LogP contribution in [0.2, 0.25) is 5.02 Å². The zero-order valence-electron chi connectivity index (χ0n) is 26.9. The third-order valence-electron chi connectivity index (χ3n) is 6.80. The predicted molar refractivity (Wildman–Crippen MR) is 178 cm³/mol. The maximum atomic E-state index is 12.9. The van der Waals surface area contributed by atoms with E-state index in [9.17, 15) is 13.2 Å². The highest BCUT2D eigenvalue weighted by Gasteiger charge is 2.26. The molecule has 1 amide bonds. The van der Waals surface area contributed by atoms with Gasteiger partial charge in [0.25, 0.3) is 0 Å². The smallest absolute Gasteiger partial charge is 0.410 e. The van der Waals surface area contributed by atoms with Crippen molar-refractivity contribution in [2.45, 2.75) is 83.8 Å². The van der Waals surface area contributed by atoms with Crippen LogP contribution < -0.4 is 15.4 Å². The summed E-state index contributed by atoms with van der Waals surface area (Å²) in [5.74, 6) is 1.04. The first-order valence-electron chi connectivity index (χ1n) is 14.8. The van der Waals surface area contributed by atoms with E-state index in [0.717, 1.165) is 16.7 Å². The Morgan fingerprint density at radius 3 is 2.44 bits per heavy atom. The third-order valence-corrected chi connectivity index (χ3v) is 9.18. The summed E-state index contributed by atoms with van der Waals surface area (Å²) in [6.45, 7) is 15.7. The average molecular weight is 657 g/mol. The quantitative estimate of drug-likeness (QED) is 0.241. The average Bonchev–Trinajstić information content (AvgIpc) is 2.95. The van der Waals surface area contributed by atoms with E-state index in [1.807, 2.05) is 53.7 Å². The van der Waals surface area contributed by atoms with Gasteiger partial charge >= 0.3 is 6.09 Å². The van der Waals surface area contributed by atoms with Gasteiger partial charge in [-0.1, -0.05) is 17.7 Å². The number of halogens is 1. The summed E-state index contributed by atoms with van der Waals surface area (Å²) in [6.07, 6.45) is 5.15. The maximum absolute atomic E-state index is 12.9. The SMILES string of the molecule is Cc1cc(Nc2ncc(Cl)c(Nc3cccnc3S(=O)(=O)C(C)C)n2)c(OC(C)C)cc1C1=CCN(C(=O)OC(C)(C)C)CC1. The van der Waals surface area contributed by atoms with Gasteiger partial charge in [0, 0.05) is 19.3 Å². The van der Waals surface area contributed by atoms with Crippen LogP contribution in [0.25, 0.3) is 5.57 Å². The number of amides is 1. The monoisotopic (exact) mass is 656 g/mol. The Morgan fingerprint density at radius 1 is 1.09 bits per heavy atom. The number of aromatic nitrogens is 3. The highest BCUT2D eigenvalue weighted by atomic mass is 35.5. The van der Waals surface area contributed by atoms with Gasteiger partial charge in [-0.15, -0.1) is 0 Å². The zero-order chi connectivity index (χ0) is 33.1. The molecular weight excluding hydrogens is 616 g/mol. The first kappa shape index (κ1) is 34.0. The first-order valence-corrected chi connectivity index (χ1v) is 16.7. The summed E-state index contributed by atoms with van der Waals surface area (Å²) in [5.41, 5.74) is 3.49. The van der Waals surface area contributed by atoms with E-state index >= 15 is 0 Å². The normalized spacial score (nSPS) is 13.9. The van der Waals surface area contributed by atoms with Crippen LogP contribution in [0.4, 0.5) is 27.9 Å². The van der Waals surface area contributed by atoms with Crippen LogP contribution in [0.3, 0.4) is 0 Å². The number of sulfone groups is 1. The largest absolute Gasteiger partial charge is 0.489 e. The molecule has 0 saturated heterocycles. The van der Waals surface area contributed by atoms with Gasteiger partial charge in [0.2, 0.25) is 5.95 Å². The number of pyridine rings is 1. The lowest BCUT2D eigenvalue weighted by Crippen LogP contribution is -2.39. The molecular formula is C32H41ClN6O5S. The Kier molecular flexibility index (Phi) is 10.3. The van der Waals surface area contributed by atoms with E-state index in [0.29, 0.717) is 30.9 Å². The lowest BCUT2D eigenvalue weighted by atomic mass is 9.94.